The summed E-state index contributed by atoms with van der Waals surface area (Å²) in [4.78, 5) is 0. The van der Waals surface area contributed by atoms with E-state index in [1.165, 1.54) is 37.7 Å². The van der Waals surface area contributed by atoms with Crippen LogP contribution in [0.2, 0.25) is 0 Å². The molecule has 4 atom stereocenters. The maximum atomic E-state index is 5.75. The second-order valence-corrected chi connectivity index (χ2v) is 7.07. The first-order valence-corrected chi connectivity index (χ1v) is 7.99. The van der Waals surface area contributed by atoms with Gasteiger partial charge in [0, 0.05) is 11.0 Å². The Morgan fingerprint density at radius 2 is 2.10 bits per heavy atom. The molecular formula is C20H22. The van der Waals surface area contributed by atoms with Gasteiger partial charge < -0.3 is 0 Å². The van der Waals surface area contributed by atoms with E-state index < -0.39 is 0 Å². The molecule has 20 heavy (non-hydrogen) atoms. The molecule has 0 heterocycles. The molecule has 0 aromatic heterocycles. The highest BCUT2D eigenvalue weighted by molar-refractivity contribution is 5.41. The van der Waals surface area contributed by atoms with Crippen LogP contribution in [0.4, 0.5) is 0 Å². The van der Waals surface area contributed by atoms with Gasteiger partial charge in [-0.2, -0.15) is 0 Å². The molecule has 1 aromatic rings. The van der Waals surface area contributed by atoms with E-state index >= 15 is 0 Å². The fourth-order valence-corrected chi connectivity index (χ4v) is 5.31. The lowest BCUT2D eigenvalue weighted by Crippen LogP contribution is -2.41. The number of aryl methyl sites for hydroxylation is 1. The Bertz CT molecular complexity index is 615. The van der Waals surface area contributed by atoms with Crippen LogP contribution in [0.5, 0.6) is 0 Å². The predicted octanol–water partition coefficient (Wildman–Crippen LogP) is 4.71. The summed E-state index contributed by atoms with van der Waals surface area (Å²) in [5.41, 5.74) is 4.82. The van der Waals surface area contributed by atoms with Gasteiger partial charge in [0.15, 0.2) is 0 Å². The van der Waals surface area contributed by atoms with Crippen LogP contribution in [0.3, 0.4) is 0 Å². The van der Waals surface area contributed by atoms with E-state index in [2.05, 4.69) is 43.2 Å². The molecule has 0 saturated heterocycles. The lowest BCUT2D eigenvalue weighted by atomic mass is 9.54. The summed E-state index contributed by atoms with van der Waals surface area (Å²) in [5, 5.41) is 0. The Kier molecular flexibility index (Phi) is 2.61. The summed E-state index contributed by atoms with van der Waals surface area (Å²) in [6.45, 7) is 2.42. The van der Waals surface area contributed by atoms with Gasteiger partial charge in [-0.3, -0.25) is 0 Å². The summed E-state index contributed by atoms with van der Waals surface area (Å²) in [7, 11) is 0. The topological polar surface area (TPSA) is 0 Å². The van der Waals surface area contributed by atoms with E-state index in [1.54, 1.807) is 11.1 Å². The van der Waals surface area contributed by atoms with Gasteiger partial charge in [0.05, 0.1) is 0 Å². The van der Waals surface area contributed by atoms with Gasteiger partial charge in [0.1, 0.15) is 0 Å². The van der Waals surface area contributed by atoms with Crippen LogP contribution in [-0.2, 0) is 6.42 Å². The van der Waals surface area contributed by atoms with Crippen molar-refractivity contribution in [3.05, 3.63) is 47.0 Å². The highest BCUT2D eigenvalue weighted by Gasteiger charge is 2.51. The largest absolute Gasteiger partial charge is 0.115 e. The van der Waals surface area contributed by atoms with Crippen molar-refractivity contribution in [1.82, 2.24) is 0 Å². The normalized spacial score (nSPS) is 38.2. The summed E-state index contributed by atoms with van der Waals surface area (Å²) < 4.78 is 0. The van der Waals surface area contributed by atoms with Crippen LogP contribution in [0, 0.1) is 29.6 Å². The van der Waals surface area contributed by atoms with E-state index in [4.69, 9.17) is 6.42 Å². The van der Waals surface area contributed by atoms with E-state index in [9.17, 15) is 0 Å². The Morgan fingerprint density at radius 3 is 2.95 bits per heavy atom. The standard InChI is InChI=1S/C20H22/c1-3-15-9-11-19-18-10-8-14-6-4-5-7-16(14)17(18)12-13-20(15,19)2/h1,4-7,9,17-19H,8,10-13H2,2H3/t17-,18-,19+,20-/m1/s1. The summed E-state index contributed by atoms with van der Waals surface area (Å²) in [6.07, 6.45) is 14.5. The minimum atomic E-state index is 0.294. The number of hydrogen-bond acceptors (Lipinski definition) is 0. The smallest absolute Gasteiger partial charge is 0.00400 e. The third-order valence-electron chi connectivity index (χ3n) is 6.37. The minimum Gasteiger partial charge on any atom is -0.115 e. The lowest BCUT2D eigenvalue weighted by molar-refractivity contribution is 0.0782. The van der Waals surface area contributed by atoms with Gasteiger partial charge in [-0.15, -0.1) is 6.42 Å². The van der Waals surface area contributed by atoms with Crippen molar-refractivity contribution in [1.29, 1.82) is 0 Å². The second kappa shape index (κ2) is 4.26. The first kappa shape index (κ1) is 12.3. The molecule has 0 unspecified atom stereocenters. The Morgan fingerprint density at radius 1 is 1.25 bits per heavy atom. The van der Waals surface area contributed by atoms with Crippen LogP contribution >= 0.6 is 0 Å². The van der Waals surface area contributed by atoms with E-state index in [0.29, 0.717) is 5.41 Å². The van der Waals surface area contributed by atoms with Crippen LogP contribution in [0.15, 0.2) is 35.9 Å². The van der Waals surface area contributed by atoms with Crippen LogP contribution in [0.25, 0.3) is 0 Å². The maximum Gasteiger partial charge on any atom is 0.00400 e. The molecular weight excluding hydrogens is 240 g/mol. The Hall–Kier alpha value is -1.48. The molecule has 4 rings (SSSR count). The zero-order valence-electron chi connectivity index (χ0n) is 12.2. The number of benzene rings is 1. The summed E-state index contributed by atoms with van der Waals surface area (Å²) in [6, 6.07) is 9.12. The van der Waals surface area contributed by atoms with E-state index in [-0.39, 0.29) is 0 Å². The van der Waals surface area contributed by atoms with Crippen molar-refractivity contribution < 1.29 is 0 Å². The van der Waals surface area contributed by atoms with E-state index in [1.807, 2.05) is 0 Å². The molecule has 102 valence electrons. The molecule has 0 aliphatic heterocycles. The van der Waals surface area contributed by atoms with Gasteiger partial charge in [0.25, 0.3) is 0 Å². The first-order valence-electron chi connectivity index (χ1n) is 7.99. The highest BCUT2D eigenvalue weighted by atomic mass is 14.5. The fourth-order valence-electron chi connectivity index (χ4n) is 5.31. The summed E-state index contributed by atoms with van der Waals surface area (Å²) >= 11 is 0. The Balaban J connectivity index is 1.72. The average Bonchev–Trinajstić information content (AvgIpc) is 2.83. The Labute approximate surface area is 122 Å². The number of allylic oxidation sites excluding steroid dienone is 2. The molecule has 0 heteroatoms. The molecule has 0 amide bonds. The zero-order valence-corrected chi connectivity index (χ0v) is 12.2. The number of rotatable bonds is 0. The number of fused-ring (bicyclic) bond motifs is 5. The fraction of sp³-hybridized carbons (Fsp3) is 0.500. The SMILES string of the molecule is C#CC1=CC[C@H]2[C@@H]3CCc4ccccc4[C@H]3CC[C@]12C. The molecule has 3 aliphatic carbocycles. The molecule has 0 nitrogen and oxygen atoms in total. The molecule has 1 aromatic carbocycles. The molecule has 0 radical (unpaired) electrons. The van der Waals surface area contributed by atoms with Crippen LogP contribution < -0.4 is 0 Å². The number of terminal acetylenes is 1. The average molecular weight is 262 g/mol. The second-order valence-electron chi connectivity index (χ2n) is 7.07. The molecule has 0 spiro atoms. The van der Waals surface area contributed by atoms with Crippen molar-refractivity contribution in [2.45, 2.75) is 44.9 Å². The van der Waals surface area contributed by atoms with Crippen molar-refractivity contribution in [2.24, 2.45) is 17.3 Å². The lowest BCUT2D eigenvalue weighted by Gasteiger charge is -2.49. The van der Waals surface area contributed by atoms with Gasteiger partial charge in [-0.25, -0.2) is 0 Å². The molecule has 0 N–H and O–H groups in total. The monoisotopic (exact) mass is 262 g/mol. The minimum absolute atomic E-state index is 0.294. The van der Waals surface area contributed by atoms with Crippen LogP contribution in [0.1, 0.15) is 49.7 Å². The summed E-state index contributed by atoms with van der Waals surface area (Å²) in [5.74, 6) is 5.38. The number of hydrogen-bond donors (Lipinski definition) is 0. The van der Waals surface area contributed by atoms with Gasteiger partial charge >= 0.3 is 0 Å². The van der Waals surface area contributed by atoms with Crippen LogP contribution in [-0.4, -0.2) is 0 Å². The third kappa shape index (κ3) is 1.50. The molecule has 0 bridgehead atoms. The molecule has 1 fully saturated rings. The van der Waals surface area contributed by atoms with Gasteiger partial charge in [0.2, 0.25) is 0 Å². The predicted molar refractivity (Wildman–Crippen MR) is 83.4 cm³/mol. The third-order valence-corrected chi connectivity index (χ3v) is 6.37. The molecule has 1 saturated carbocycles. The van der Waals surface area contributed by atoms with Crippen molar-refractivity contribution in [3.63, 3.8) is 0 Å². The first-order chi connectivity index (χ1) is 9.74. The maximum absolute atomic E-state index is 5.75. The van der Waals surface area contributed by atoms with Crippen molar-refractivity contribution in [2.75, 3.05) is 0 Å². The molecule has 3 aliphatic rings. The van der Waals surface area contributed by atoms with Crippen molar-refractivity contribution >= 4 is 0 Å². The van der Waals surface area contributed by atoms with Gasteiger partial charge in [-0.05, 0) is 61.0 Å². The van der Waals surface area contributed by atoms with E-state index in [0.717, 1.165) is 17.8 Å². The zero-order chi connectivity index (χ0) is 13.7. The highest BCUT2D eigenvalue weighted by Crippen LogP contribution is 2.60. The quantitative estimate of drug-likeness (QED) is 0.594. The van der Waals surface area contributed by atoms with Crippen molar-refractivity contribution in [3.8, 4) is 12.3 Å². The van der Waals surface area contributed by atoms with Gasteiger partial charge in [-0.1, -0.05) is 43.2 Å².